The largest absolute Gasteiger partial charge is 0.353 e. The highest BCUT2D eigenvalue weighted by molar-refractivity contribution is 7.71. The Kier molecular flexibility index (Phi) is 5.00. The predicted molar refractivity (Wildman–Crippen MR) is 108 cm³/mol. The number of nitrogens with zero attached hydrogens (tertiary/aromatic N) is 7. The van der Waals surface area contributed by atoms with Gasteiger partial charge in [-0.05, 0) is 37.7 Å². The number of hydrogen-bond acceptors (Lipinski definition) is 6. The molecule has 3 heterocycles. The molecule has 0 amide bonds. The zero-order valence-electron chi connectivity index (χ0n) is 15.6. The van der Waals surface area contributed by atoms with Crippen molar-refractivity contribution in [3.8, 4) is 5.69 Å². The third-order valence-electron chi connectivity index (χ3n) is 4.93. The van der Waals surface area contributed by atoms with Crippen molar-refractivity contribution in [2.24, 2.45) is 0 Å². The number of aryl methyl sites for hydroxylation is 2. The normalized spacial score (nSPS) is 15.3. The predicted octanol–water partition coefficient (Wildman–Crippen LogP) is 2.59. The van der Waals surface area contributed by atoms with Crippen molar-refractivity contribution in [2.75, 3.05) is 31.1 Å². The lowest BCUT2D eigenvalue weighted by molar-refractivity contribution is 0.194. The van der Waals surface area contributed by atoms with Crippen LogP contribution in [0.3, 0.4) is 0 Å². The molecule has 1 fully saturated rings. The summed E-state index contributed by atoms with van der Waals surface area (Å²) in [6.07, 6.45) is 7.07. The second kappa shape index (κ2) is 7.58. The first-order valence-electron chi connectivity index (χ1n) is 9.07. The summed E-state index contributed by atoms with van der Waals surface area (Å²) in [5.41, 5.74) is 3.53. The lowest BCUT2D eigenvalue weighted by Crippen LogP contribution is -2.47. The van der Waals surface area contributed by atoms with Crippen LogP contribution in [0.5, 0.6) is 0 Å². The molecule has 1 aliphatic rings. The highest BCUT2D eigenvalue weighted by Crippen LogP contribution is 2.17. The van der Waals surface area contributed by atoms with Crippen LogP contribution in [0.25, 0.3) is 5.69 Å². The van der Waals surface area contributed by atoms with E-state index in [1.165, 1.54) is 11.1 Å². The van der Waals surface area contributed by atoms with E-state index in [4.69, 9.17) is 12.2 Å². The van der Waals surface area contributed by atoms with Gasteiger partial charge in [0.2, 0.25) is 4.77 Å². The average Bonchev–Trinajstić information content (AvgIpc) is 3.03. The van der Waals surface area contributed by atoms with Crippen LogP contribution >= 0.6 is 12.2 Å². The molecule has 1 saturated heterocycles. The van der Waals surface area contributed by atoms with Crippen LogP contribution in [-0.2, 0) is 6.67 Å². The van der Waals surface area contributed by atoms with E-state index in [0.717, 1.165) is 42.5 Å². The maximum absolute atomic E-state index is 5.68. The van der Waals surface area contributed by atoms with E-state index < -0.39 is 0 Å². The molecule has 4 rings (SSSR count). The lowest BCUT2D eigenvalue weighted by Gasteiger charge is -2.34. The molecule has 3 aromatic rings. The van der Waals surface area contributed by atoms with Gasteiger partial charge in [-0.3, -0.25) is 14.5 Å². The number of piperazine rings is 1. The topological polar surface area (TPSA) is 55.0 Å². The van der Waals surface area contributed by atoms with Crippen molar-refractivity contribution in [3.05, 3.63) is 59.0 Å². The van der Waals surface area contributed by atoms with Crippen LogP contribution < -0.4 is 4.90 Å². The third kappa shape index (κ3) is 3.77. The third-order valence-corrected chi connectivity index (χ3v) is 5.33. The van der Waals surface area contributed by atoms with Crippen LogP contribution in [0.2, 0.25) is 0 Å². The monoisotopic (exact) mass is 381 g/mol. The van der Waals surface area contributed by atoms with Gasteiger partial charge in [0.25, 0.3) is 0 Å². The zero-order chi connectivity index (χ0) is 18.8. The molecule has 1 aromatic carbocycles. The van der Waals surface area contributed by atoms with E-state index in [1.807, 2.05) is 21.8 Å². The Hall–Kier alpha value is -2.58. The molecule has 27 heavy (non-hydrogen) atoms. The van der Waals surface area contributed by atoms with Gasteiger partial charge in [0.15, 0.2) is 0 Å². The van der Waals surface area contributed by atoms with E-state index in [-0.39, 0.29) is 0 Å². The number of anilines is 1. The van der Waals surface area contributed by atoms with Gasteiger partial charge in [-0.25, -0.2) is 9.67 Å². The molecule has 1 aliphatic heterocycles. The fourth-order valence-corrected chi connectivity index (χ4v) is 3.69. The van der Waals surface area contributed by atoms with E-state index in [1.54, 1.807) is 12.4 Å². The summed E-state index contributed by atoms with van der Waals surface area (Å²) in [5, 5.41) is 4.52. The van der Waals surface area contributed by atoms with E-state index in [2.05, 4.69) is 56.9 Å². The van der Waals surface area contributed by atoms with Gasteiger partial charge in [0.05, 0.1) is 18.6 Å². The Morgan fingerprint density at radius 2 is 1.89 bits per heavy atom. The van der Waals surface area contributed by atoms with Crippen molar-refractivity contribution in [1.29, 1.82) is 0 Å². The molecule has 0 saturated carbocycles. The van der Waals surface area contributed by atoms with E-state index in [0.29, 0.717) is 6.67 Å². The summed E-state index contributed by atoms with van der Waals surface area (Å²) in [6, 6.07) is 6.37. The van der Waals surface area contributed by atoms with Crippen LogP contribution in [0.15, 0.2) is 43.1 Å². The molecule has 0 bridgehead atoms. The molecule has 7 nitrogen and oxygen atoms in total. The molecule has 0 atom stereocenters. The fraction of sp³-hybridized carbons (Fsp3) is 0.368. The zero-order valence-corrected chi connectivity index (χ0v) is 16.4. The number of aromatic nitrogens is 5. The lowest BCUT2D eigenvalue weighted by atomic mass is 10.1. The van der Waals surface area contributed by atoms with Gasteiger partial charge in [-0.2, -0.15) is 5.10 Å². The summed E-state index contributed by atoms with van der Waals surface area (Å²) in [4.78, 5) is 13.2. The Labute approximate surface area is 163 Å². The van der Waals surface area contributed by atoms with Gasteiger partial charge in [-0.1, -0.05) is 17.7 Å². The SMILES string of the molecule is Cc1ccc(-n2cnn(CN3CCN(c4cnccn4)CC3)c2=S)c(C)c1. The first-order chi connectivity index (χ1) is 13.1. The smallest absolute Gasteiger partial charge is 0.203 e. The molecule has 0 aliphatic carbocycles. The minimum absolute atomic E-state index is 0.699. The molecule has 8 heteroatoms. The van der Waals surface area contributed by atoms with Crippen molar-refractivity contribution in [3.63, 3.8) is 0 Å². The molecule has 2 aromatic heterocycles. The summed E-state index contributed by atoms with van der Waals surface area (Å²) in [6.45, 7) is 8.62. The molecule has 0 unspecified atom stereocenters. The summed E-state index contributed by atoms with van der Waals surface area (Å²) in [7, 11) is 0. The number of benzene rings is 1. The van der Waals surface area contributed by atoms with Crippen LogP contribution in [-0.4, -0.2) is 55.4 Å². The molecule has 0 radical (unpaired) electrons. The second-order valence-electron chi connectivity index (χ2n) is 6.88. The Bertz CT molecular complexity index is 971. The van der Waals surface area contributed by atoms with Crippen LogP contribution in [0, 0.1) is 18.6 Å². The second-order valence-corrected chi connectivity index (χ2v) is 7.25. The standard InChI is InChI=1S/C19H23N7S/c1-15-3-4-17(16(2)11-15)25-13-22-26(19(25)27)14-23-7-9-24(10-8-23)18-12-20-5-6-21-18/h3-6,11-13H,7-10,14H2,1-2H3. The molecular formula is C19H23N7S. The number of hydrogen-bond donors (Lipinski definition) is 0. The van der Waals surface area contributed by atoms with Gasteiger partial charge >= 0.3 is 0 Å². The Balaban J connectivity index is 1.44. The van der Waals surface area contributed by atoms with Crippen LogP contribution in [0.4, 0.5) is 5.82 Å². The van der Waals surface area contributed by atoms with Gasteiger partial charge in [0, 0.05) is 38.6 Å². The first-order valence-corrected chi connectivity index (χ1v) is 9.48. The summed E-state index contributed by atoms with van der Waals surface area (Å²) < 4.78 is 4.60. The Morgan fingerprint density at radius 1 is 1.07 bits per heavy atom. The van der Waals surface area contributed by atoms with Gasteiger partial charge < -0.3 is 4.90 Å². The molecule has 0 spiro atoms. The minimum atomic E-state index is 0.699. The summed E-state index contributed by atoms with van der Waals surface area (Å²) >= 11 is 5.68. The van der Waals surface area contributed by atoms with Crippen molar-refractivity contribution >= 4 is 18.0 Å². The fourth-order valence-electron chi connectivity index (χ4n) is 3.44. The summed E-state index contributed by atoms with van der Waals surface area (Å²) in [5.74, 6) is 0.938. The quantitative estimate of drug-likeness (QED) is 0.648. The van der Waals surface area contributed by atoms with Gasteiger partial charge in [0.1, 0.15) is 12.1 Å². The average molecular weight is 382 g/mol. The van der Waals surface area contributed by atoms with E-state index in [9.17, 15) is 0 Å². The maximum atomic E-state index is 5.68. The van der Waals surface area contributed by atoms with Crippen molar-refractivity contribution < 1.29 is 0 Å². The van der Waals surface area contributed by atoms with Crippen molar-refractivity contribution in [1.82, 2.24) is 29.2 Å². The minimum Gasteiger partial charge on any atom is -0.353 e. The van der Waals surface area contributed by atoms with Gasteiger partial charge in [-0.15, -0.1) is 0 Å². The van der Waals surface area contributed by atoms with Crippen molar-refractivity contribution in [2.45, 2.75) is 20.5 Å². The molecule has 0 N–H and O–H groups in total. The molecule has 140 valence electrons. The highest BCUT2D eigenvalue weighted by atomic mass is 32.1. The highest BCUT2D eigenvalue weighted by Gasteiger charge is 2.19. The first kappa shape index (κ1) is 17.8. The van der Waals surface area contributed by atoms with E-state index >= 15 is 0 Å². The maximum Gasteiger partial charge on any atom is 0.203 e. The van der Waals surface area contributed by atoms with Crippen LogP contribution in [0.1, 0.15) is 11.1 Å². The Morgan fingerprint density at radius 3 is 2.59 bits per heavy atom. The molecular weight excluding hydrogens is 358 g/mol. The number of rotatable bonds is 4.